The van der Waals surface area contributed by atoms with Gasteiger partial charge in [-0.3, -0.25) is 15.6 Å². The van der Waals surface area contributed by atoms with Crippen LogP contribution in [-0.2, 0) is 4.79 Å². The Morgan fingerprint density at radius 1 is 1.15 bits per heavy atom. The number of hydrogen-bond donors (Lipinski definition) is 3. The van der Waals surface area contributed by atoms with Gasteiger partial charge in [-0.2, -0.15) is 0 Å². The number of anilines is 1. The number of benzene rings is 2. The van der Waals surface area contributed by atoms with Gasteiger partial charge in [0.15, 0.2) is 5.11 Å². The van der Waals surface area contributed by atoms with Gasteiger partial charge >= 0.3 is 0 Å². The summed E-state index contributed by atoms with van der Waals surface area (Å²) in [5.41, 5.74) is 7.27. The molecule has 1 amide bonds. The van der Waals surface area contributed by atoms with E-state index in [1.165, 1.54) is 23.8 Å². The fourth-order valence-corrected chi connectivity index (χ4v) is 2.60. The fourth-order valence-electron chi connectivity index (χ4n) is 2.43. The molecule has 0 aromatic heterocycles. The highest BCUT2D eigenvalue weighted by atomic mass is 32.1. The van der Waals surface area contributed by atoms with Crippen molar-refractivity contribution >= 4 is 40.2 Å². The number of carbonyl (C=O) groups excluding carboxylic acids is 1. The minimum absolute atomic E-state index is 0.362. The van der Waals surface area contributed by atoms with Crippen molar-refractivity contribution in [3.8, 4) is 0 Å². The van der Waals surface area contributed by atoms with Crippen LogP contribution in [0.15, 0.2) is 36.4 Å². The van der Waals surface area contributed by atoms with Crippen LogP contribution in [0.1, 0.15) is 24.3 Å². The first kappa shape index (κ1) is 12.9. The number of hydrazine groups is 1. The lowest BCUT2D eigenvalue weighted by molar-refractivity contribution is -0.110. The van der Waals surface area contributed by atoms with Crippen LogP contribution in [0.5, 0.6) is 0 Å². The second kappa shape index (κ2) is 5.46. The second-order valence-electron chi connectivity index (χ2n) is 4.86. The predicted molar refractivity (Wildman–Crippen MR) is 84.5 cm³/mol. The van der Waals surface area contributed by atoms with Gasteiger partial charge in [-0.1, -0.05) is 30.3 Å². The Bertz CT molecular complexity index is 667. The molecule has 2 aromatic rings. The number of carbonyl (C=O) groups is 1. The lowest BCUT2D eigenvalue weighted by Gasteiger charge is -2.14. The Kier molecular flexibility index (Phi) is 3.52. The van der Waals surface area contributed by atoms with Gasteiger partial charge in [-0.15, -0.1) is 0 Å². The number of amides is 1. The zero-order valence-corrected chi connectivity index (χ0v) is 11.7. The summed E-state index contributed by atoms with van der Waals surface area (Å²) < 4.78 is 0. The van der Waals surface area contributed by atoms with E-state index in [0.717, 1.165) is 11.1 Å². The summed E-state index contributed by atoms with van der Waals surface area (Å²) >= 11 is 5.12. The summed E-state index contributed by atoms with van der Waals surface area (Å²) in [7, 11) is 0. The quantitative estimate of drug-likeness (QED) is 0.459. The Labute approximate surface area is 122 Å². The molecule has 0 saturated heterocycles. The van der Waals surface area contributed by atoms with Gasteiger partial charge < -0.3 is 5.32 Å². The minimum atomic E-state index is 0.362. The molecular formula is C15H15N3OS. The zero-order chi connectivity index (χ0) is 13.9. The van der Waals surface area contributed by atoms with E-state index in [4.69, 9.17) is 12.2 Å². The van der Waals surface area contributed by atoms with Crippen LogP contribution in [0, 0.1) is 0 Å². The third kappa shape index (κ3) is 2.58. The summed E-state index contributed by atoms with van der Waals surface area (Å²) in [5, 5.41) is 5.88. The number of fused-ring (bicyclic) bond motifs is 1. The lowest BCUT2D eigenvalue weighted by atomic mass is 10.00. The van der Waals surface area contributed by atoms with Gasteiger partial charge in [0.2, 0.25) is 6.41 Å². The highest BCUT2D eigenvalue weighted by molar-refractivity contribution is 7.80. The van der Waals surface area contributed by atoms with E-state index in [1.807, 2.05) is 12.1 Å². The lowest BCUT2D eigenvalue weighted by Crippen LogP contribution is -2.39. The van der Waals surface area contributed by atoms with Crippen LogP contribution in [0.2, 0.25) is 0 Å². The Morgan fingerprint density at radius 2 is 1.90 bits per heavy atom. The van der Waals surface area contributed by atoms with Gasteiger partial charge in [0.25, 0.3) is 0 Å². The van der Waals surface area contributed by atoms with Crippen LogP contribution in [0.4, 0.5) is 5.69 Å². The van der Waals surface area contributed by atoms with Crippen LogP contribution in [-0.4, -0.2) is 11.5 Å². The Hall–Kier alpha value is -2.14. The van der Waals surface area contributed by atoms with Gasteiger partial charge in [-0.25, -0.2) is 0 Å². The van der Waals surface area contributed by atoms with Crippen molar-refractivity contribution in [1.29, 1.82) is 0 Å². The number of hydrogen-bond acceptors (Lipinski definition) is 2. The summed E-state index contributed by atoms with van der Waals surface area (Å²) in [4.78, 5) is 10.2. The van der Waals surface area contributed by atoms with Crippen molar-refractivity contribution in [3.05, 3.63) is 42.0 Å². The van der Waals surface area contributed by atoms with Crippen LogP contribution in [0.25, 0.3) is 10.8 Å². The predicted octanol–water partition coefficient (Wildman–Crippen LogP) is 2.66. The standard InChI is InChI=1S/C15H15N3OS/c19-9-16-18-15(20)17-14-8-7-11(10-5-6-10)12-3-1-2-4-13(12)14/h1-4,7-10H,5-6H2,(H,16,19)(H2,17,18,20). The third-order valence-electron chi connectivity index (χ3n) is 3.47. The molecular weight excluding hydrogens is 270 g/mol. The first-order chi connectivity index (χ1) is 9.79. The molecule has 0 aliphatic heterocycles. The van der Waals surface area contributed by atoms with Crippen molar-refractivity contribution in [2.24, 2.45) is 0 Å². The molecule has 20 heavy (non-hydrogen) atoms. The summed E-state index contributed by atoms with van der Waals surface area (Å²) in [6.07, 6.45) is 3.10. The molecule has 0 bridgehead atoms. The normalized spacial score (nSPS) is 13.8. The van der Waals surface area contributed by atoms with E-state index in [-0.39, 0.29) is 0 Å². The number of thiocarbonyl (C=S) groups is 1. The van der Waals surface area contributed by atoms with E-state index in [1.54, 1.807) is 0 Å². The molecule has 0 spiro atoms. The zero-order valence-electron chi connectivity index (χ0n) is 10.8. The van der Waals surface area contributed by atoms with Crippen LogP contribution >= 0.6 is 12.2 Å². The van der Waals surface area contributed by atoms with Gasteiger partial charge in [0, 0.05) is 11.1 Å². The molecule has 0 radical (unpaired) electrons. The highest BCUT2D eigenvalue weighted by Gasteiger charge is 2.25. The van der Waals surface area contributed by atoms with E-state index in [9.17, 15) is 4.79 Å². The first-order valence-corrected chi connectivity index (χ1v) is 6.98. The largest absolute Gasteiger partial charge is 0.331 e. The van der Waals surface area contributed by atoms with E-state index in [0.29, 0.717) is 17.4 Å². The monoisotopic (exact) mass is 285 g/mol. The average molecular weight is 285 g/mol. The Morgan fingerprint density at radius 3 is 2.60 bits per heavy atom. The van der Waals surface area contributed by atoms with Crippen LogP contribution in [0.3, 0.4) is 0 Å². The summed E-state index contributed by atoms with van der Waals surface area (Å²) in [6, 6.07) is 12.5. The van der Waals surface area contributed by atoms with E-state index in [2.05, 4.69) is 40.4 Å². The number of nitrogens with one attached hydrogen (secondary N) is 3. The topological polar surface area (TPSA) is 53.2 Å². The van der Waals surface area contributed by atoms with Crippen molar-refractivity contribution < 1.29 is 4.79 Å². The fraction of sp³-hybridized carbons (Fsp3) is 0.200. The molecule has 0 atom stereocenters. The van der Waals surface area contributed by atoms with Crippen molar-refractivity contribution in [2.45, 2.75) is 18.8 Å². The van der Waals surface area contributed by atoms with Gasteiger partial charge in [0.1, 0.15) is 0 Å². The highest BCUT2D eigenvalue weighted by Crippen LogP contribution is 2.44. The SMILES string of the molecule is O=CNNC(=S)Nc1ccc(C2CC2)c2ccccc12. The van der Waals surface area contributed by atoms with Gasteiger partial charge in [-0.05, 0) is 48.0 Å². The van der Waals surface area contributed by atoms with Crippen LogP contribution < -0.4 is 16.2 Å². The molecule has 1 saturated carbocycles. The third-order valence-corrected chi connectivity index (χ3v) is 3.67. The second-order valence-corrected chi connectivity index (χ2v) is 5.27. The van der Waals surface area contributed by atoms with Crippen molar-refractivity contribution in [2.75, 3.05) is 5.32 Å². The molecule has 5 heteroatoms. The first-order valence-electron chi connectivity index (χ1n) is 6.57. The average Bonchev–Trinajstić information content (AvgIpc) is 3.30. The van der Waals surface area contributed by atoms with Crippen molar-refractivity contribution in [1.82, 2.24) is 10.9 Å². The summed E-state index contributed by atoms with van der Waals surface area (Å²) in [5.74, 6) is 0.704. The molecule has 3 rings (SSSR count). The molecule has 3 N–H and O–H groups in total. The molecule has 102 valence electrons. The van der Waals surface area contributed by atoms with E-state index < -0.39 is 0 Å². The minimum Gasteiger partial charge on any atom is -0.331 e. The maximum absolute atomic E-state index is 10.2. The maximum atomic E-state index is 10.2. The smallest absolute Gasteiger partial charge is 0.225 e. The van der Waals surface area contributed by atoms with E-state index >= 15 is 0 Å². The molecule has 1 aliphatic rings. The van der Waals surface area contributed by atoms with Crippen molar-refractivity contribution in [3.63, 3.8) is 0 Å². The number of rotatable bonds is 4. The molecule has 0 heterocycles. The Balaban J connectivity index is 1.93. The molecule has 1 aliphatic carbocycles. The molecule has 4 nitrogen and oxygen atoms in total. The van der Waals surface area contributed by atoms with Gasteiger partial charge in [0.05, 0.1) is 0 Å². The molecule has 2 aromatic carbocycles. The molecule has 1 fully saturated rings. The summed E-state index contributed by atoms with van der Waals surface area (Å²) in [6.45, 7) is 0. The molecule has 0 unspecified atom stereocenters. The maximum Gasteiger partial charge on any atom is 0.225 e.